The lowest BCUT2D eigenvalue weighted by Crippen LogP contribution is -2.23. The summed E-state index contributed by atoms with van der Waals surface area (Å²) < 4.78 is 13.8. The highest BCUT2D eigenvalue weighted by atomic mass is 19.1. The van der Waals surface area contributed by atoms with Crippen LogP contribution in [0.1, 0.15) is 12.5 Å². The Morgan fingerprint density at radius 1 is 1.21 bits per heavy atom. The van der Waals surface area contributed by atoms with E-state index in [0.717, 1.165) is 0 Å². The molecule has 0 amide bonds. The number of hydrogen-bond donors (Lipinski definition) is 2. The van der Waals surface area contributed by atoms with Crippen molar-refractivity contribution >= 4 is 11.4 Å². The maximum absolute atomic E-state index is 13.8. The Bertz CT molecular complexity index is 572. The second-order valence-corrected chi connectivity index (χ2v) is 4.35. The molecule has 0 saturated heterocycles. The van der Waals surface area contributed by atoms with Crippen molar-refractivity contribution in [3.63, 3.8) is 0 Å². The number of nitrogens with two attached hydrogens (primary N) is 1. The van der Waals surface area contributed by atoms with Crippen molar-refractivity contribution in [2.75, 3.05) is 17.2 Å². The second kappa shape index (κ2) is 5.61. The fourth-order valence-electron chi connectivity index (χ4n) is 2.01. The van der Waals surface area contributed by atoms with Crippen molar-refractivity contribution in [3.05, 3.63) is 53.8 Å². The fraction of sp³-hybridized carbons (Fsp3) is 0.200. The lowest BCUT2D eigenvalue weighted by atomic mass is 10.1. The van der Waals surface area contributed by atoms with Gasteiger partial charge in [-0.25, -0.2) is 4.39 Å². The van der Waals surface area contributed by atoms with Crippen LogP contribution in [0.25, 0.3) is 0 Å². The number of nitrogen functional groups attached to an aromatic ring is 1. The van der Waals surface area contributed by atoms with Crippen molar-refractivity contribution in [2.24, 2.45) is 0 Å². The van der Waals surface area contributed by atoms with Gasteiger partial charge >= 0.3 is 0 Å². The molecule has 0 bridgehead atoms. The van der Waals surface area contributed by atoms with E-state index in [1.807, 2.05) is 11.8 Å². The number of phenolic OH excluding ortho intramolecular Hbond substituents is 1. The smallest absolute Gasteiger partial charge is 0.146 e. The summed E-state index contributed by atoms with van der Waals surface area (Å²) in [5, 5.41) is 9.82. The molecular weight excluding hydrogens is 243 g/mol. The first-order valence-corrected chi connectivity index (χ1v) is 6.18. The van der Waals surface area contributed by atoms with E-state index in [2.05, 4.69) is 0 Å². The zero-order valence-electron chi connectivity index (χ0n) is 10.8. The predicted octanol–water partition coefficient (Wildman–Crippen LogP) is 3.14. The largest absolute Gasteiger partial charge is 0.508 e. The van der Waals surface area contributed by atoms with Crippen LogP contribution in [-0.4, -0.2) is 11.7 Å². The Balaban J connectivity index is 2.29. The third-order valence-corrected chi connectivity index (χ3v) is 3.04. The van der Waals surface area contributed by atoms with Gasteiger partial charge in [-0.15, -0.1) is 0 Å². The number of phenols is 1. The summed E-state index contributed by atoms with van der Waals surface area (Å²) in [7, 11) is 0. The highest BCUT2D eigenvalue weighted by Crippen LogP contribution is 2.25. The highest BCUT2D eigenvalue weighted by Gasteiger charge is 2.12. The summed E-state index contributed by atoms with van der Waals surface area (Å²) >= 11 is 0. The van der Waals surface area contributed by atoms with E-state index in [9.17, 15) is 9.50 Å². The van der Waals surface area contributed by atoms with Gasteiger partial charge in [-0.05, 0) is 37.3 Å². The van der Waals surface area contributed by atoms with E-state index in [4.69, 9.17) is 5.73 Å². The van der Waals surface area contributed by atoms with E-state index < -0.39 is 0 Å². The zero-order chi connectivity index (χ0) is 13.8. The van der Waals surface area contributed by atoms with Gasteiger partial charge in [0.25, 0.3) is 0 Å². The molecule has 19 heavy (non-hydrogen) atoms. The van der Waals surface area contributed by atoms with Gasteiger partial charge < -0.3 is 15.7 Å². The van der Waals surface area contributed by atoms with E-state index in [1.54, 1.807) is 36.4 Å². The first kappa shape index (κ1) is 13.2. The van der Waals surface area contributed by atoms with Gasteiger partial charge in [0.1, 0.15) is 11.6 Å². The molecule has 2 rings (SSSR count). The average Bonchev–Trinajstić information content (AvgIpc) is 2.41. The first-order chi connectivity index (χ1) is 9.11. The summed E-state index contributed by atoms with van der Waals surface area (Å²) in [4.78, 5) is 1.85. The first-order valence-electron chi connectivity index (χ1n) is 6.18. The molecular formula is C15H17FN2O. The van der Waals surface area contributed by atoms with Crippen molar-refractivity contribution in [1.82, 2.24) is 0 Å². The van der Waals surface area contributed by atoms with E-state index in [-0.39, 0.29) is 11.6 Å². The Hall–Kier alpha value is -2.23. The van der Waals surface area contributed by atoms with Gasteiger partial charge in [0.2, 0.25) is 0 Å². The zero-order valence-corrected chi connectivity index (χ0v) is 10.8. The van der Waals surface area contributed by atoms with E-state index in [0.29, 0.717) is 30.0 Å². The van der Waals surface area contributed by atoms with Crippen LogP contribution in [0.4, 0.5) is 15.8 Å². The van der Waals surface area contributed by atoms with Crippen LogP contribution in [0, 0.1) is 5.82 Å². The SMILES string of the molecule is CCN(Cc1cc(N)ccc1O)c1ccccc1F. The minimum Gasteiger partial charge on any atom is -0.508 e. The van der Waals surface area contributed by atoms with Crippen LogP contribution in [-0.2, 0) is 6.54 Å². The van der Waals surface area contributed by atoms with Gasteiger partial charge in [-0.2, -0.15) is 0 Å². The molecule has 0 aliphatic carbocycles. The van der Waals surface area contributed by atoms with E-state index >= 15 is 0 Å². The highest BCUT2D eigenvalue weighted by molar-refractivity contribution is 5.52. The number of para-hydroxylation sites is 1. The molecule has 0 unspecified atom stereocenters. The molecule has 0 saturated carbocycles. The van der Waals surface area contributed by atoms with Crippen LogP contribution in [0.5, 0.6) is 5.75 Å². The van der Waals surface area contributed by atoms with Gasteiger partial charge in [0, 0.05) is 24.3 Å². The van der Waals surface area contributed by atoms with Crippen LogP contribution in [0.15, 0.2) is 42.5 Å². The van der Waals surface area contributed by atoms with Crippen molar-refractivity contribution in [3.8, 4) is 5.75 Å². The number of anilines is 2. The maximum Gasteiger partial charge on any atom is 0.146 e. The number of rotatable bonds is 4. The molecule has 0 aliphatic heterocycles. The molecule has 0 aliphatic rings. The molecule has 4 heteroatoms. The minimum atomic E-state index is -0.271. The molecule has 0 atom stereocenters. The quantitative estimate of drug-likeness (QED) is 0.656. The van der Waals surface area contributed by atoms with Crippen LogP contribution in [0.2, 0.25) is 0 Å². The lowest BCUT2D eigenvalue weighted by molar-refractivity contribution is 0.467. The third kappa shape index (κ3) is 2.96. The van der Waals surface area contributed by atoms with Crippen LogP contribution in [0.3, 0.4) is 0 Å². The standard InChI is InChI=1S/C15H17FN2O/c1-2-18(14-6-4-3-5-13(14)16)10-11-9-12(17)7-8-15(11)19/h3-9,19H,2,10,17H2,1H3. The summed E-state index contributed by atoms with van der Waals surface area (Å²) in [6.45, 7) is 2.99. The molecule has 3 N–H and O–H groups in total. The Morgan fingerprint density at radius 3 is 2.63 bits per heavy atom. The van der Waals surface area contributed by atoms with Gasteiger partial charge in [-0.3, -0.25) is 0 Å². The van der Waals surface area contributed by atoms with Crippen LogP contribution >= 0.6 is 0 Å². The molecule has 0 fully saturated rings. The molecule has 0 heterocycles. The lowest BCUT2D eigenvalue weighted by Gasteiger charge is -2.24. The Labute approximate surface area is 112 Å². The average molecular weight is 260 g/mol. The maximum atomic E-state index is 13.8. The van der Waals surface area contributed by atoms with Crippen molar-refractivity contribution in [2.45, 2.75) is 13.5 Å². The van der Waals surface area contributed by atoms with Crippen molar-refractivity contribution in [1.29, 1.82) is 0 Å². The van der Waals surface area contributed by atoms with Gasteiger partial charge in [0.05, 0.1) is 5.69 Å². The number of nitrogens with zero attached hydrogens (tertiary/aromatic N) is 1. The number of aromatic hydroxyl groups is 1. The summed E-state index contributed by atoms with van der Waals surface area (Å²) in [6.07, 6.45) is 0. The number of halogens is 1. The Kier molecular flexibility index (Phi) is 3.90. The molecule has 100 valence electrons. The monoisotopic (exact) mass is 260 g/mol. The number of benzene rings is 2. The molecule has 3 nitrogen and oxygen atoms in total. The predicted molar refractivity (Wildman–Crippen MR) is 75.6 cm³/mol. The topological polar surface area (TPSA) is 49.5 Å². The summed E-state index contributed by atoms with van der Waals surface area (Å²) in [5.41, 5.74) is 7.50. The Morgan fingerprint density at radius 2 is 1.95 bits per heavy atom. The van der Waals surface area contributed by atoms with Gasteiger partial charge in [0.15, 0.2) is 0 Å². The van der Waals surface area contributed by atoms with E-state index in [1.165, 1.54) is 6.07 Å². The van der Waals surface area contributed by atoms with Crippen LogP contribution < -0.4 is 10.6 Å². The molecule has 2 aromatic rings. The minimum absolute atomic E-state index is 0.170. The summed E-state index contributed by atoms with van der Waals surface area (Å²) in [5.74, 6) is -0.100. The molecule has 0 radical (unpaired) electrons. The molecule has 2 aromatic carbocycles. The van der Waals surface area contributed by atoms with Gasteiger partial charge in [-0.1, -0.05) is 12.1 Å². The molecule has 0 spiro atoms. The second-order valence-electron chi connectivity index (χ2n) is 4.35. The normalized spacial score (nSPS) is 10.4. The molecule has 0 aromatic heterocycles. The van der Waals surface area contributed by atoms with Crippen molar-refractivity contribution < 1.29 is 9.50 Å². The third-order valence-electron chi connectivity index (χ3n) is 3.04. The number of hydrogen-bond acceptors (Lipinski definition) is 3. The summed E-state index contributed by atoms with van der Waals surface area (Å²) in [6, 6.07) is 11.5. The fourth-order valence-corrected chi connectivity index (χ4v) is 2.01.